The predicted octanol–water partition coefficient (Wildman–Crippen LogP) is -0.490. The molecule has 2 aliphatic rings. The fourth-order valence-corrected chi connectivity index (χ4v) is 4.21. The van der Waals surface area contributed by atoms with Crippen LogP contribution in [0, 0.1) is 0 Å². The summed E-state index contributed by atoms with van der Waals surface area (Å²) in [6.45, 7) is 7.10. The molecule has 28 heavy (non-hydrogen) atoms. The minimum absolute atomic E-state index is 0.0898. The Kier molecular flexibility index (Phi) is 6.36. The molecule has 0 radical (unpaired) electrons. The largest absolute Gasteiger partial charge is 0.388 e. The van der Waals surface area contributed by atoms with Gasteiger partial charge in [0, 0.05) is 52.1 Å². The smallest absolute Gasteiger partial charge is 0.239 e. The number of ether oxygens (including phenoxy) is 1. The van der Waals surface area contributed by atoms with E-state index < -0.39 is 17.2 Å². The Bertz CT molecular complexity index is 672. The summed E-state index contributed by atoms with van der Waals surface area (Å²) in [6.07, 6.45) is 6.71. The number of aliphatic hydroxyl groups excluding tert-OH is 1. The number of nitrogens with zero attached hydrogens (tertiary/aromatic N) is 3. The van der Waals surface area contributed by atoms with E-state index in [2.05, 4.69) is 25.1 Å². The van der Waals surface area contributed by atoms with Crippen LogP contribution >= 0.6 is 0 Å². The first-order valence-electron chi connectivity index (χ1n) is 9.89. The Morgan fingerprint density at radius 1 is 1.29 bits per heavy atom. The molecule has 0 aromatic carbocycles. The van der Waals surface area contributed by atoms with Gasteiger partial charge in [0.1, 0.15) is 6.10 Å². The molecule has 9 heteroatoms. The van der Waals surface area contributed by atoms with Gasteiger partial charge in [0.25, 0.3) is 0 Å². The fourth-order valence-electron chi connectivity index (χ4n) is 4.21. The number of imidazole rings is 1. The predicted molar refractivity (Wildman–Crippen MR) is 102 cm³/mol. The molecule has 3 rings (SSSR count). The van der Waals surface area contributed by atoms with Gasteiger partial charge in [0.05, 0.1) is 24.0 Å². The summed E-state index contributed by atoms with van der Waals surface area (Å²) in [6, 6.07) is 0. The van der Waals surface area contributed by atoms with Gasteiger partial charge in [0.15, 0.2) is 0 Å². The van der Waals surface area contributed by atoms with Crippen molar-refractivity contribution in [3.63, 3.8) is 0 Å². The van der Waals surface area contributed by atoms with Gasteiger partial charge in [-0.3, -0.25) is 9.59 Å². The molecule has 3 heterocycles. The number of likely N-dealkylation sites (tertiary alicyclic amines) is 1. The number of carbonyl (C=O) groups excluding carboxylic acids is 2. The zero-order valence-electron chi connectivity index (χ0n) is 16.7. The lowest BCUT2D eigenvalue weighted by Crippen LogP contribution is -2.69. The lowest BCUT2D eigenvalue weighted by molar-refractivity contribution is -0.207. The van der Waals surface area contributed by atoms with Crippen LogP contribution in [0.2, 0.25) is 0 Å². The average molecular weight is 393 g/mol. The Morgan fingerprint density at radius 3 is 2.68 bits per heavy atom. The van der Waals surface area contributed by atoms with Gasteiger partial charge in [-0.2, -0.15) is 0 Å². The van der Waals surface area contributed by atoms with Crippen molar-refractivity contribution in [2.45, 2.75) is 56.9 Å². The number of hydrogen-bond donors (Lipinski definition) is 3. The summed E-state index contributed by atoms with van der Waals surface area (Å²) in [4.78, 5) is 29.6. The molecule has 0 saturated carbocycles. The summed E-state index contributed by atoms with van der Waals surface area (Å²) in [5.74, 6) is -0.557. The molecule has 1 aromatic heterocycles. The van der Waals surface area contributed by atoms with Crippen molar-refractivity contribution in [3.05, 3.63) is 18.7 Å². The van der Waals surface area contributed by atoms with Crippen molar-refractivity contribution >= 4 is 11.8 Å². The maximum Gasteiger partial charge on any atom is 0.239 e. The third-order valence-electron chi connectivity index (χ3n) is 5.97. The van der Waals surface area contributed by atoms with E-state index in [1.807, 2.05) is 19.4 Å². The van der Waals surface area contributed by atoms with E-state index in [0.717, 1.165) is 39.0 Å². The van der Waals surface area contributed by atoms with Gasteiger partial charge < -0.3 is 29.9 Å². The van der Waals surface area contributed by atoms with Gasteiger partial charge in [-0.25, -0.2) is 4.98 Å². The maximum atomic E-state index is 12.2. The molecule has 2 atom stereocenters. The van der Waals surface area contributed by atoms with Crippen LogP contribution in [0.15, 0.2) is 18.7 Å². The highest BCUT2D eigenvalue weighted by Gasteiger charge is 2.53. The molecule has 0 unspecified atom stereocenters. The van der Waals surface area contributed by atoms with Gasteiger partial charge in [-0.1, -0.05) is 0 Å². The molecule has 2 aliphatic heterocycles. The summed E-state index contributed by atoms with van der Waals surface area (Å²) >= 11 is 0. The molecule has 156 valence electrons. The van der Waals surface area contributed by atoms with E-state index in [1.54, 1.807) is 6.20 Å². The van der Waals surface area contributed by atoms with Crippen LogP contribution < -0.4 is 10.6 Å². The van der Waals surface area contributed by atoms with Crippen LogP contribution in [-0.2, 0) is 20.9 Å². The van der Waals surface area contributed by atoms with Crippen molar-refractivity contribution in [1.82, 2.24) is 25.1 Å². The Balaban J connectivity index is 1.55. The van der Waals surface area contributed by atoms with Crippen LogP contribution in [0.25, 0.3) is 0 Å². The molecule has 2 saturated heterocycles. The van der Waals surface area contributed by atoms with Crippen molar-refractivity contribution in [2.75, 3.05) is 32.8 Å². The molecule has 1 spiro atoms. The number of piperidine rings is 1. The molecular formula is C19H31N5O4. The van der Waals surface area contributed by atoms with Crippen LogP contribution in [-0.4, -0.2) is 81.4 Å². The zero-order chi connectivity index (χ0) is 20.2. The SMILES string of the molecule is CC(=O)NCC(=O)N[C@@]1(C)CCOC2(CCN(CCn3ccnc3)CC2)[C@@H]1O. The van der Waals surface area contributed by atoms with Crippen molar-refractivity contribution in [3.8, 4) is 0 Å². The fraction of sp³-hybridized carbons (Fsp3) is 0.737. The normalized spacial score (nSPS) is 27.5. The Hall–Kier alpha value is -1.97. The van der Waals surface area contributed by atoms with Crippen molar-refractivity contribution < 1.29 is 19.4 Å². The van der Waals surface area contributed by atoms with Crippen LogP contribution in [0.3, 0.4) is 0 Å². The topological polar surface area (TPSA) is 109 Å². The minimum Gasteiger partial charge on any atom is -0.388 e. The Labute approximate surface area is 165 Å². The third-order valence-corrected chi connectivity index (χ3v) is 5.97. The van der Waals surface area contributed by atoms with Crippen LogP contribution in [0.5, 0.6) is 0 Å². The first-order chi connectivity index (χ1) is 13.3. The summed E-state index contributed by atoms with van der Waals surface area (Å²) in [5.41, 5.74) is -1.41. The first kappa shape index (κ1) is 20.8. The highest BCUT2D eigenvalue weighted by atomic mass is 16.5. The molecule has 9 nitrogen and oxygen atoms in total. The number of amides is 2. The summed E-state index contributed by atoms with van der Waals surface area (Å²) < 4.78 is 8.13. The van der Waals surface area contributed by atoms with Gasteiger partial charge in [-0.05, 0) is 26.2 Å². The van der Waals surface area contributed by atoms with E-state index in [4.69, 9.17) is 4.74 Å². The van der Waals surface area contributed by atoms with E-state index in [9.17, 15) is 14.7 Å². The number of carbonyl (C=O) groups is 2. The third kappa shape index (κ3) is 4.71. The Morgan fingerprint density at radius 2 is 2.04 bits per heavy atom. The standard InChI is InChI=1S/C19H31N5O4/c1-15(25)21-13-16(26)22-18(2)5-12-28-19(17(18)27)3-7-23(8-4-19)10-11-24-9-6-20-14-24/h6,9,14,17,27H,3-5,7-8,10-13H2,1-2H3,(H,21,25)(H,22,26)/t17-,18+/m1/s1. The second kappa shape index (κ2) is 8.59. The van der Waals surface area contributed by atoms with Gasteiger partial charge in [0.2, 0.25) is 11.8 Å². The lowest BCUT2D eigenvalue weighted by atomic mass is 9.73. The number of aromatic nitrogens is 2. The van der Waals surface area contributed by atoms with Gasteiger partial charge in [-0.15, -0.1) is 0 Å². The number of nitrogens with one attached hydrogen (secondary N) is 2. The summed E-state index contributed by atoms with van der Waals surface area (Å²) in [7, 11) is 0. The lowest BCUT2D eigenvalue weighted by Gasteiger charge is -2.53. The molecule has 3 N–H and O–H groups in total. The quantitative estimate of drug-likeness (QED) is 0.602. The molecule has 2 fully saturated rings. The molecule has 2 amide bonds. The second-order valence-electron chi connectivity index (χ2n) is 8.08. The molecule has 0 bridgehead atoms. The van der Waals surface area contributed by atoms with Crippen LogP contribution in [0.1, 0.15) is 33.1 Å². The van der Waals surface area contributed by atoms with E-state index in [1.165, 1.54) is 6.92 Å². The van der Waals surface area contributed by atoms with Crippen molar-refractivity contribution in [1.29, 1.82) is 0 Å². The highest BCUT2D eigenvalue weighted by molar-refractivity contribution is 5.84. The maximum absolute atomic E-state index is 12.2. The number of hydrogen-bond acceptors (Lipinski definition) is 6. The van der Waals surface area contributed by atoms with Crippen LogP contribution in [0.4, 0.5) is 0 Å². The van der Waals surface area contributed by atoms with E-state index in [0.29, 0.717) is 13.0 Å². The first-order valence-corrected chi connectivity index (χ1v) is 9.89. The van der Waals surface area contributed by atoms with E-state index >= 15 is 0 Å². The van der Waals surface area contributed by atoms with Gasteiger partial charge >= 0.3 is 0 Å². The number of rotatable bonds is 6. The monoisotopic (exact) mass is 393 g/mol. The zero-order valence-corrected chi connectivity index (χ0v) is 16.7. The highest BCUT2D eigenvalue weighted by Crippen LogP contribution is 2.39. The minimum atomic E-state index is -0.800. The molecular weight excluding hydrogens is 362 g/mol. The van der Waals surface area contributed by atoms with Crippen molar-refractivity contribution in [2.24, 2.45) is 0 Å². The van der Waals surface area contributed by atoms with E-state index in [-0.39, 0.29) is 18.4 Å². The average Bonchev–Trinajstić information content (AvgIpc) is 3.18. The molecule has 0 aliphatic carbocycles. The summed E-state index contributed by atoms with van der Waals surface area (Å²) in [5, 5.41) is 16.5. The second-order valence-corrected chi connectivity index (χ2v) is 8.08. The molecule has 1 aromatic rings. The number of aliphatic hydroxyl groups is 1.